The molecule has 0 saturated carbocycles. The lowest BCUT2D eigenvalue weighted by molar-refractivity contribution is 0.339. The smallest absolute Gasteiger partial charge is 0.281 e. The average molecular weight is 313 g/mol. The number of unbranched alkanes of at least 4 members (excludes halogenated alkanes) is 1. The van der Waals surface area contributed by atoms with Gasteiger partial charge in [-0.15, -0.1) is 0 Å². The van der Waals surface area contributed by atoms with Crippen LogP contribution in [0.4, 0.5) is 5.95 Å². The second-order valence-corrected chi connectivity index (χ2v) is 7.15. The van der Waals surface area contributed by atoms with Crippen LogP contribution in [0.1, 0.15) is 19.8 Å². The predicted octanol–water partition coefficient (Wildman–Crippen LogP) is 0.575. The number of hydrogen-bond donors (Lipinski definition) is 0. The Hall–Kier alpha value is -1.25. The molecule has 0 unspecified atom stereocenters. The highest BCUT2D eigenvalue weighted by molar-refractivity contribution is 7.86. The average Bonchev–Trinajstić information content (AvgIpc) is 2.53. The van der Waals surface area contributed by atoms with Crippen molar-refractivity contribution in [2.45, 2.75) is 19.8 Å². The van der Waals surface area contributed by atoms with E-state index >= 15 is 0 Å². The van der Waals surface area contributed by atoms with Gasteiger partial charge in [0.2, 0.25) is 5.95 Å². The Kier molecular flexibility index (Phi) is 5.49. The van der Waals surface area contributed by atoms with E-state index in [2.05, 4.69) is 16.9 Å². The molecule has 1 aliphatic rings. The molecule has 8 heteroatoms. The highest BCUT2D eigenvalue weighted by Crippen LogP contribution is 2.14. The standard InChI is InChI=1S/C13H23N5O2S/c1-3-4-8-16(2)21(19,20)18-11-9-17(10-12-18)13-14-6-5-7-15-13/h5-7H,3-4,8-12H2,1-2H3. The molecule has 21 heavy (non-hydrogen) atoms. The quantitative estimate of drug-likeness (QED) is 0.768. The van der Waals surface area contributed by atoms with Gasteiger partial charge in [0.15, 0.2) is 0 Å². The van der Waals surface area contributed by atoms with Crippen molar-refractivity contribution < 1.29 is 8.42 Å². The van der Waals surface area contributed by atoms with Gasteiger partial charge in [0, 0.05) is 52.2 Å². The van der Waals surface area contributed by atoms with E-state index in [0.29, 0.717) is 38.7 Å². The van der Waals surface area contributed by atoms with E-state index < -0.39 is 10.2 Å². The molecular formula is C13H23N5O2S. The van der Waals surface area contributed by atoms with Crippen molar-refractivity contribution in [1.29, 1.82) is 0 Å². The van der Waals surface area contributed by atoms with Gasteiger partial charge < -0.3 is 4.90 Å². The van der Waals surface area contributed by atoms with Crippen LogP contribution < -0.4 is 4.90 Å². The molecule has 7 nitrogen and oxygen atoms in total. The molecule has 0 amide bonds. The summed E-state index contributed by atoms with van der Waals surface area (Å²) in [5.41, 5.74) is 0. The summed E-state index contributed by atoms with van der Waals surface area (Å²) < 4.78 is 27.9. The molecular weight excluding hydrogens is 290 g/mol. The van der Waals surface area contributed by atoms with E-state index in [0.717, 1.165) is 12.8 Å². The van der Waals surface area contributed by atoms with Crippen LogP contribution in [0.25, 0.3) is 0 Å². The maximum Gasteiger partial charge on any atom is 0.281 e. The Morgan fingerprint density at radius 2 is 1.81 bits per heavy atom. The lowest BCUT2D eigenvalue weighted by atomic mass is 10.3. The summed E-state index contributed by atoms with van der Waals surface area (Å²) in [6, 6.07) is 1.77. The molecule has 0 N–H and O–H groups in total. The lowest BCUT2D eigenvalue weighted by Crippen LogP contribution is -2.52. The molecule has 1 saturated heterocycles. The summed E-state index contributed by atoms with van der Waals surface area (Å²) in [6.07, 6.45) is 5.26. The monoisotopic (exact) mass is 313 g/mol. The van der Waals surface area contributed by atoms with Gasteiger partial charge >= 0.3 is 0 Å². The van der Waals surface area contributed by atoms with E-state index in [4.69, 9.17) is 0 Å². The van der Waals surface area contributed by atoms with E-state index in [9.17, 15) is 8.42 Å². The third-order valence-corrected chi connectivity index (χ3v) is 5.61. The maximum atomic E-state index is 12.4. The Labute approximate surface area is 126 Å². The Balaban J connectivity index is 1.94. The summed E-state index contributed by atoms with van der Waals surface area (Å²) in [5.74, 6) is 0.661. The largest absolute Gasteiger partial charge is 0.338 e. The minimum Gasteiger partial charge on any atom is -0.338 e. The number of rotatable bonds is 6. The zero-order chi connectivity index (χ0) is 15.3. The predicted molar refractivity (Wildman–Crippen MR) is 82.3 cm³/mol. The normalized spacial score (nSPS) is 17.4. The minimum absolute atomic E-state index is 0.469. The van der Waals surface area contributed by atoms with Crippen molar-refractivity contribution in [3.8, 4) is 0 Å². The van der Waals surface area contributed by atoms with Gasteiger partial charge in [-0.05, 0) is 12.5 Å². The number of hydrogen-bond acceptors (Lipinski definition) is 5. The number of anilines is 1. The fourth-order valence-electron chi connectivity index (χ4n) is 2.27. The van der Waals surface area contributed by atoms with Crippen molar-refractivity contribution in [3.63, 3.8) is 0 Å². The third-order valence-electron chi connectivity index (χ3n) is 3.62. The first-order valence-electron chi connectivity index (χ1n) is 7.29. The van der Waals surface area contributed by atoms with Crippen LogP contribution in [0.2, 0.25) is 0 Å². The highest BCUT2D eigenvalue weighted by Gasteiger charge is 2.30. The summed E-state index contributed by atoms with van der Waals surface area (Å²) >= 11 is 0. The van der Waals surface area contributed by atoms with Crippen molar-refractivity contribution >= 4 is 16.2 Å². The topological polar surface area (TPSA) is 69.6 Å². The molecule has 2 rings (SSSR count). The van der Waals surface area contributed by atoms with Gasteiger partial charge in [-0.3, -0.25) is 0 Å². The van der Waals surface area contributed by atoms with Gasteiger partial charge in [-0.1, -0.05) is 13.3 Å². The van der Waals surface area contributed by atoms with Crippen LogP contribution in [0, 0.1) is 0 Å². The molecule has 0 spiro atoms. The molecule has 1 aliphatic heterocycles. The summed E-state index contributed by atoms with van der Waals surface area (Å²) in [4.78, 5) is 10.4. The van der Waals surface area contributed by atoms with Crippen LogP contribution >= 0.6 is 0 Å². The van der Waals surface area contributed by atoms with Crippen LogP contribution in [-0.2, 0) is 10.2 Å². The van der Waals surface area contributed by atoms with Crippen molar-refractivity contribution in [2.75, 3.05) is 44.7 Å². The molecule has 0 aliphatic carbocycles. The fourth-order valence-corrected chi connectivity index (χ4v) is 3.65. The minimum atomic E-state index is -3.34. The zero-order valence-corrected chi connectivity index (χ0v) is 13.5. The molecule has 2 heterocycles. The number of piperazine rings is 1. The Bertz CT molecular complexity index is 529. The second kappa shape index (κ2) is 7.15. The molecule has 0 bridgehead atoms. The molecule has 1 aromatic rings. The van der Waals surface area contributed by atoms with Gasteiger partial charge in [0.05, 0.1) is 0 Å². The second-order valence-electron chi connectivity index (χ2n) is 5.12. The summed E-state index contributed by atoms with van der Waals surface area (Å²) in [7, 11) is -1.69. The molecule has 118 valence electrons. The zero-order valence-electron chi connectivity index (χ0n) is 12.6. The van der Waals surface area contributed by atoms with Crippen molar-refractivity contribution in [1.82, 2.24) is 18.6 Å². The van der Waals surface area contributed by atoms with E-state index in [-0.39, 0.29) is 0 Å². The van der Waals surface area contributed by atoms with Crippen LogP contribution in [-0.4, -0.2) is 66.8 Å². The van der Waals surface area contributed by atoms with Crippen LogP contribution in [0.3, 0.4) is 0 Å². The number of nitrogens with zero attached hydrogens (tertiary/aromatic N) is 5. The number of aromatic nitrogens is 2. The lowest BCUT2D eigenvalue weighted by Gasteiger charge is -2.35. The first-order chi connectivity index (χ1) is 10.1. The van der Waals surface area contributed by atoms with Crippen molar-refractivity contribution in [2.24, 2.45) is 0 Å². The first-order valence-corrected chi connectivity index (χ1v) is 8.68. The van der Waals surface area contributed by atoms with Gasteiger partial charge in [0.25, 0.3) is 10.2 Å². The first kappa shape index (κ1) is 16.1. The molecule has 0 radical (unpaired) electrons. The fraction of sp³-hybridized carbons (Fsp3) is 0.692. The van der Waals surface area contributed by atoms with Crippen LogP contribution in [0.15, 0.2) is 18.5 Å². The summed E-state index contributed by atoms with van der Waals surface area (Å²) in [6.45, 7) is 4.80. The molecule has 1 aromatic heterocycles. The molecule has 0 aromatic carbocycles. The molecule has 1 fully saturated rings. The van der Waals surface area contributed by atoms with Crippen LogP contribution in [0.5, 0.6) is 0 Å². The summed E-state index contributed by atoms with van der Waals surface area (Å²) in [5, 5.41) is 0. The van der Waals surface area contributed by atoms with Gasteiger partial charge in [-0.25, -0.2) is 9.97 Å². The Morgan fingerprint density at radius 1 is 1.19 bits per heavy atom. The maximum absolute atomic E-state index is 12.4. The van der Waals surface area contributed by atoms with Gasteiger partial charge in [0.1, 0.15) is 0 Å². The molecule has 0 atom stereocenters. The Morgan fingerprint density at radius 3 is 2.38 bits per heavy atom. The van der Waals surface area contributed by atoms with Gasteiger partial charge in [-0.2, -0.15) is 17.0 Å². The van der Waals surface area contributed by atoms with E-state index in [1.165, 1.54) is 4.31 Å². The SMILES string of the molecule is CCCCN(C)S(=O)(=O)N1CCN(c2ncccn2)CC1. The third kappa shape index (κ3) is 3.90. The van der Waals surface area contributed by atoms with E-state index in [1.54, 1.807) is 29.8 Å². The van der Waals surface area contributed by atoms with Crippen molar-refractivity contribution in [3.05, 3.63) is 18.5 Å². The van der Waals surface area contributed by atoms with E-state index in [1.807, 2.05) is 4.90 Å². The highest BCUT2D eigenvalue weighted by atomic mass is 32.2.